The van der Waals surface area contributed by atoms with Crippen LogP contribution in [0.15, 0.2) is 11.0 Å². The summed E-state index contributed by atoms with van der Waals surface area (Å²) in [6.07, 6.45) is 0. The molecule has 0 bridgehead atoms. The number of hydrogen-bond donors (Lipinski definition) is 1. The Morgan fingerprint density at radius 3 is 2.07 bits per heavy atom. The number of rotatable bonds is 1. The molecule has 1 aromatic rings. The maximum Gasteiger partial charge on any atom is 0.266 e. The summed E-state index contributed by atoms with van der Waals surface area (Å²) >= 11 is 16.6. The maximum absolute atomic E-state index is 11.0. The van der Waals surface area contributed by atoms with Gasteiger partial charge in [0, 0.05) is 10.7 Å². The molecule has 0 radical (unpaired) electrons. The minimum atomic E-state index is -4.19. The lowest BCUT2D eigenvalue weighted by atomic mass is 10.3. The van der Waals surface area contributed by atoms with Gasteiger partial charge in [0.05, 0.1) is 15.1 Å². The summed E-state index contributed by atoms with van der Waals surface area (Å²) in [6.45, 7) is 0. The Kier molecular flexibility index (Phi) is 3.44. The highest BCUT2D eigenvalue weighted by Crippen LogP contribution is 2.42. The fraction of sp³-hybridized carbons (Fsp3) is 0. The quantitative estimate of drug-likeness (QED) is 0.639. The SMILES string of the molecule is O=S(=O)(Cl)c1c(O)c(Cl)cc(Cl)c1Cl. The molecule has 0 saturated carbocycles. The van der Waals surface area contributed by atoms with Gasteiger partial charge in [0.15, 0.2) is 5.75 Å². The maximum atomic E-state index is 11.0. The molecule has 8 heteroatoms. The van der Waals surface area contributed by atoms with Crippen LogP contribution in [0.5, 0.6) is 5.75 Å². The Hall–Kier alpha value is 0.130. The molecule has 0 heterocycles. The number of phenolic OH excluding ortho intramolecular Hbond substituents is 1. The minimum Gasteiger partial charge on any atom is -0.505 e. The molecule has 0 aromatic heterocycles. The van der Waals surface area contributed by atoms with E-state index in [1.807, 2.05) is 0 Å². The molecule has 0 spiro atoms. The van der Waals surface area contributed by atoms with Gasteiger partial charge in [0.25, 0.3) is 9.05 Å². The van der Waals surface area contributed by atoms with Crippen LogP contribution in [0.3, 0.4) is 0 Å². The molecule has 1 rings (SSSR count). The van der Waals surface area contributed by atoms with Gasteiger partial charge in [-0.25, -0.2) is 8.42 Å². The van der Waals surface area contributed by atoms with Crippen LogP contribution in [0, 0.1) is 0 Å². The zero-order valence-corrected chi connectivity index (χ0v) is 10.1. The van der Waals surface area contributed by atoms with E-state index in [4.69, 9.17) is 45.5 Å². The lowest BCUT2D eigenvalue weighted by molar-refractivity contribution is 0.460. The Balaban J connectivity index is 3.74. The summed E-state index contributed by atoms with van der Waals surface area (Å²) in [5.74, 6) is -0.712. The number of benzene rings is 1. The van der Waals surface area contributed by atoms with Gasteiger partial charge >= 0.3 is 0 Å². The third kappa shape index (κ3) is 2.20. The van der Waals surface area contributed by atoms with E-state index >= 15 is 0 Å². The molecule has 14 heavy (non-hydrogen) atoms. The first kappa shape index (κ1) is 12.2. The van der Waals surface area contributed by atoms with E-state index in [2.05, 4.69) is 0 Å². The summed E-state index contributed by atoms with van der Waals surface area (Å²) in [6, 6.07) is 1.12. The smallest absolute Gasteiger partial charge is 0.266 e. The normalized spacial score (nSPS) is 11.7. The largest absolute Gasteiger partial charge is 0.505 e. The van der Waals surface area contributed by atoms with E-state index < -0.39 is 19.7 Å². The monoisotopic (exact) mass is 294 g/mol. The van der Waals surface area contributed by atoms with E-state index in [0.29, 0.717) is 0 Å². The summed E-state index contributed by atoms with van der Waals surface area (Å²) in [5.41, 5.74) is 0. The molecule has 3 nitrogen and oxygen atoms in total. The van der Waals surface area contributed by atoms with Crippen LogP contribution in [0.2, 0.25) is 15.1 Å². The molecule has 0 fully saturated rings. The van der Waals surface area contributed by atoms with Gasteiger partial charge in [-0.05, 0) is 6.07 Å². The minimum absolute atomic E-state index is 0.103. The standard InChI is InChI=1S/C6H2Cl4O3S/c7-2-1-3(8)5(11)6(4(2)9)14(10,12)13/h1,11H. The number of hydrogen-bond acceptors (Lipinski definition) is 3. The van der Waals surface area contributed by atoms with Crippen molar-refractivity contribution in [2.75, 3.05) is 0 Å². The molecule has 0 aliphatic carbocycles. The van der Waals surface area contributed by atoms with E-state index in [-0.39, 0.29) is 15.1 Å². The van der Waals surface area contributed by atoms with Crippen molar-refractivity contribution in [1.82, 2.24) is 0 Å². The van der Waals surface area contributed by atoms with Crippen molar-refractivity contribution in [3.63, 3.8) is 0 Å². The first-order valence-corrected chi connectivity index (χ1v) is 6.50. The fourth-order valence-electron chi connectivity index (χ4n) is 0.786. The van der Waals surface area contributed by atoms with Crippen molar-refractivity contribution in [2.24, 2.45) is 0 Å². The molecule has 0 atom stereocenters. The predicted octanol–water partition coefficient (Wildman–Crippen LogP) is 3.28. The van der Waals surface area contributed by atoms with Crippen LogP contribution in [0.25, 0.3) is 0 Å². The second-order valence-corrected chi connectivity index (χ2v) is 5.96. The molecule has 0 unspecified atom stereocenters. The molecule has 0 amide bonds. The van der Waals surface area contributed by atoms with Crippen molar-refractivity contribution >= 4 is 54.5 Å². The second kappa shape index (κ2) is 3.94. The molecule has 1 aromatic carbocycles. The third-order valence-corrected chi connectivity index (χ3v) is 3.88. The van der Waals surface area contributed by atoms with Crippen molar-refractivity contribution in [2.45, 2.75) is 4.90 Å². The summed E-state index contributed by atoms with van der Waals surface area (Å²) in [4.78, 5) is -0.682. The average molecular weight is 296 g/mol. The zero-order valence-electron chi connectivity index (χ0n) is 6.26. The van der Waals surface area contributed by atoms with Crippen LogP contribution < -0.4 is 0 Å². The molecule has 0 aliphatic heterocycles. The van der Waals surface area contributed by atoms with Crippen LogP contribution in [0.4, 0.5) is 0 Å². The van der Waals surface area contributed by atoms with Crippen molar-refractivity contribution in [1.29, 1.82) is 0 Å². The third-order valence-electron chi connectivity index (χ3n) is 1.35. The van der Waals surface area contributed by atoms with Crippen LogP contribution in [0.1, 0.15) is 0 Å². The highest BCUT2D eigenvalue weighted by Gasteiger charge is 2.24. The first-order valence-electron chi connectivity index (χ1n) is 3.06. The van der Waals surface area contributed by atoms with Crippen molar-refractivity contribution in [3.05, 3.63) is 21.1 Å². The lowest BCUT2D eigenvalue weighted by Gasteiger charge is -2.06. The van der Waals surface area contributed by atoms with Gasteiger partial charge in [0.2, 0.25) is 0 Å². The van der Waals surface area contributed by atoms with Gasteiger partial charge in [-0.1, -0.05) is 34.8 Å². The topological polar surface area (TPSA) is 54.4 Å². The Morgan fingerprint density at radius 1 is 1.14 bits per heavy atom. The van der Waals surface area contributed by atoms with Gasteiger partial charge in [-0.2, -0.15) is 0 Å². The molecule has 0 saturated heterocycles. The lowest BCUT2D eigenvalue weighted by Crippen LogP contribution is -1.94. The molecule has 0 aliphatic rings. The van der Waals surface area contributed by atoms with Gasteiger partial charge < -0.3 is 5.11 Å². The highest BCUT2D eigenvalue weighted by molar-refractivity contribution is 8.14. The van der Waals surface area contributed by atoms with Crippen LogP contribution in [-0.2, 0) is 9.05 Å². The Bertz CT molecular complexity index is 456. The van der Waals surface area contributed by atoms with Crippen molar-refractivity contribution in [3.8, 4) is 5.75 Å². The van der Waals surface area contributed by atoms with E-state index in [9.17, 15) is 13.5 Å². The number of aromatic hydroxyl groups is 1. The van der Waals surface area contributed by atoms with Crippen molar-refractivity contribution < 1.29 is 13.5 Å². The zero-order chi connectivity index (χ0) is 11.1. The van der Waals surface area contributed by atoms with Gasteiger partial charge in [0.1, 0.15) is 4.90 Å². The van der Waals surface area contributed by atoms with E-state index in [0.717, 1.165) is 6.07 Å². The van der Waals surface area contributed by atoms with Gasteiger partial charge in [-0.3, -0.25) is 0 Å². The molecule has 78 valence electrons. The molecular formula is C6H2Cl4O3S. The Labute approximate surface area is 99.6 Å². The highest BCUT2D eigenvalue weighted by atomic mass is 35.7. The predicted molar refractivity (Wildman–Crippen MR) is 56.2 cm³/mol. The molecular weight excluding hydrogens is 294 g/mol. The number of halogens is 4. The summed E-state index contributed by atoms with van der Waals surface area (Å²) in [5, 5.41) is 8.60. The first-order chi connectivity index (χ1) is 6.25. The Morgan fingerprint density at radius 2 is 1.64 bits per heavy atom. The van der Waals surface area contributed by atoms with Gasteiger partial charge in [-0.15, -0.1) is 0 Å². The fourth-order valence-corrected chi connectivity index (χ4v) is 3.04. The number of phenols is 1. The molecule has 1 N–H and O–H groups in total. The average Bonchev–Trinajstić information content (AvgIpc) is 1.98. The van der Waals surface area contributed by atoms with E-state index in [1.165, 1.54) is 0 Å². The van der Waals surface area contributed by atoms with E-state index in [1.54, 1.807) is 0 Å². The summed E-state index contributed by atoms with van der Waals surface area (Å²) in [7, 11) is 0.836. The second-order valence-electron chi connectivity index (χ2n) is 2.27. The summed E-state index contributed by atoms with van der Waals surface area (Å²) < 4.78 is 22.0. The van der Waals surface area contributed by atoms with Crippen LogP contribution in [-0.4, -0.2) is 13.5 Å². The van der Waals surface area contributed by atoms with Crippen LogP contribution >= 0.6 is 45.5 Å².